The molecule has 0 saturated carbocycles. The average Bonchev–Trinajstić information content (AvgIpc) is 3.76. The first kappa shape index (κ1) is 52.0. The maximum atomic E-state index is 6.98. The van der Waals surface area contributed by atoms with Crippen LogP contribution < -0.4 is 35.7 Å². The summed E-state index contributed by atoms with van der Waals surface area (Å²) in [6.45, 7) is 30.8. The third-order valence-electron chi connectivity index (χ3n) is 16.7. The SMILES string of the molecule is Cc1cc2c3c(c1)N(c1ccc(C(C)(C)C)cc1-c1ccccc1)c1c(ccc4c1OCCCO4)B3c1ccc(-c3ccc(C(C)(C)C)cc3)cc1N2c1cc(-c2ccc(C(C)(C)C)cc2)cc(-c2ccc(C(C)(C)C)cc2)c1. The Labute approximate surface area is 471 Å². The van der Waals surface area contributed by atoms with Crippen LogP contribution in [0.1, 0.15) is 117 Å². The number of benzene rings is 9. The fourth-order valence-electron chi connectivity index (χ4n) is 12.2. The lowest BCUT2D eigenvalue weighted by atomic mass is 9.33. The number of aryl methyl sites for hydroxylation is 1. The van der Waals surface area contributed by atoms with Crippen LogP contribution in [0.4, 0.5) is 34.1 Å². The molecule has 0 bridgehead atoms. The fraction of sp³-hybridized carbons (Fsp3) is 0.270. The monoisotopic (exact) mass is 1030 g/mol. The van der Waals surface area contributed by atoms with Crippen molar-refractivity contribution in [2.24, 2.45) is 0 Å². The van der Waals surface area contributed by atoms with Gasteiger partial charge in [0.05, 0.1) is 24.6 Å². The Balaban J connectivity index is 1.17. The summed E-state index contributed by atoms with van der Waals surface area (Å²) in [5.74, 6) is 1.58. The Kier molecular flexibility index (Phi) is 12.7. The zero-order valence-electron chi connectivity index (χ0n) is 48.7. The highest BCUT2D eigenvalue weighted by atomic mass is 16.5. The molecule has 0 aliphatic carbocycles. The molecule has 0 saturated heterocycles. The summed E-state index contributed by atoms with van der Waals surface area (Å²) in [4.78, 5) is 5.13. The van der Waals surface area contributed by atoms with E-state index in [2.05, 4.69) is 282 Å². The molecule has 0 spiro atoms. The van der Waals surface area contributed by atoms with E-state index < -0.39 is 0 Å². The Morgan fingerprint density at radius 1 is 0.380 bits per heavy atom. The van der Waals surface area contributed by atoms with E-state index in [-0.39, 0.29) is 28.4 Å². The van der Waals surface area contributed by atoms with Gasteiger partial charge in [-0.05, 0) is 166 Å². The summed E-state index contributed by atoms with van der Waals surface area (Å²) in [6.07, 6.45) is 0.808. The zero-order chi connectivity index (χ0) is 55.3. The highest BCUT2D eigenvalue weighted by molar-refractivity contribution is 7.00. The summed E-state index contributed by atoms with van der Waals surface area (Å²) in [6, 6.07) is 69.6. The van der Waals surface area contributed by atoms with E-state index in [4.69, 9.17) is 9.47 Å². The van der Waals surface area contributed by atoms with Crippen molar-refractivity contribution in [1.29, 1.82) is 0 Å². The standard InChI is InChI=1S/C74H75BN2O2/c1-47-40-65-68-66(41-47)77(63-36-33-58(74(11,12)13)46-60(63)51-18-15-14-16-19-51)69-62(35-37-67-70(69)79-39-17-38-78-67)75(68)61-34-26-52(48-20-27-55(28-21-48)71(2,3)4)45-64(61)76(65)59-43-53(49-22-29-56(30-23-49)72(5,6)7)42-54(44-59)50-24-31-57(32-25-50)73(8,9)10/h14-16,18-37,40-46H,17,38-39H2,1-13H3. The van der Waals surface area contributed by atoms with Crippen LogP contribution in [0.3, 0.4) is 0 Å². The van der Waals surface area contributed by atoms with Crippen LogP contribution >= 0.6 is 0 Å². The summed E-state index contributed by atoms with van der Waals surface area (Å²) >= 11 is 0. The van der Waals surface area contributed by atoms with Crippen LogP contribution in [0.15, 0.2) is 182 Å². The van der Waals surface area contributed by atoms with E-state index in [0.717, 1.165) is 52.0 Å². The maximum Gasteiger partial charge on any atom is 0.252 e. The van der Waals surface area contributed by atoms with E-state index >= 15 is 0 Å². The molecule has 0 amide bonds. The number of nitrogens with zero attached hydrogens (tertiary/aromatic N) is 2. The third-order valence-corrected chi connectivity index (χ3v) is 16.7. The van der Waals surface area contributed by atoms with Crippen molar-refractivity contribution >= 4 is 57.2 Å². The molecule has 396 valence electrons. The van der Waals surface area contributed by atoms with Gasteiger partial charge in [-0.15, -0.1) is 0 Å². The van der Waals surface area contributed by atoms with Crippen molar-refractivity contribution in [2.45, 2.75) is 118 Å². The molecule has 9 aromatic carbocycles. The lowest BCUT2D eigenvalue weighted by Gasteiger charge is -2.45. The molecule has 0 N–H and O–H groups in total. The Morgan fingerprint density at radius 2 is 0.873 bits per heavy atom. The minimum Gasteiger partial charge on any atom is -0.489 e. The molecule has 9 aromatic rings. The van der Waals surface area contributed by atoms with Gasteiger partial charge in [-0.2, -0.15) is 0 Å². The van der Waals surface area contributed by atoms with E-state index in [1.165, 1.54) is 88.7 Å². The first-order valence-electron chi connectivity index (χ1n) is 28.6. The molecule has 4 nitrogen and oxygen atoms in total. The Hall–Kier alpha value is -7.76. The number of fused-ring (bicyclic) bond motifs is 6. The van der Waals surface area contributed by atoms with Crippen LogP contribution in [0.2, 0.25) is 0 Å². The van der Waals surface area contributed by atoms with Crippen molar-refractivity contribution in [3.05, 3.63) is 210 Å². The first-order chi connectivity index (χ1) is 37.6. The smallest absolute Gasteiger partial charge is 0.252 e. The summed E-state index contributed by atoms with van der Waals surface area (Å²) < 4.78 is 13.6. The van der Waals surface area contributed by atoms with Gasteiger partial charge in [0.2, 0.25) is 0 Å². The quantitative estimate of drug-likeness (QED) is 0.155. The van der Waals surface area contributed by atoms with Gasteiger partial charge in [-0.1, -0.05) is 210 Å². The highest BCUT2D eigenvalue weighted by Gasteiger charge is 2.46. The predicted molar refractivity (Wildman–Crippen MR) is 337 cm³/mol. The maximum absolute atomic E-state index is 6.98. The van der Waals surface area contributed by atoms with Gasteiger partial charge < -0.3 is 19.3 Å². The summed E-state index contributed by atoms with van der Waals surface area (Å²) in [5.41, 5.74) is 26.3. The van der Waals surface area contributed by atoms with Crippen LogP contribution in [0.5, 0.6) is 11.5 Å². The van der Waals surface area contributed by atoms with Crippen LogP contribution in [-0.2, 0) is 21.7 Å². The molecule has 0 radical (unpaired) electrons. The largest absolute Gasteiger partial charge is 0.489 e. The average molecular weight is 1040 g/mol. The van der Waals surface area contributed by atoms with Gasteiger partial charge in [0.1, 0.15) is 0 Å². The van der Waals surface area contributed by atoms with E-state index in [0.29, 0.717) is 13.2 Å². The lowest BCUT2D eigenvalue weighted by molar-refractivity contribution is 0.297. The molecule has 12 rings (SSSR count). The number of hydrogen-bond acceptors (Lipinski definition) is 4. The molecular formula is C74H75BN2O2. The Morgan fingerprint density at radius 3 is 1.43 bits per heavy atom. The third kappa shape index (κ3) is 9.53. The van der Waals surface area contributed by atoms with Gasteiger partial charge >= 0.3 is 0 Å². The fourth-order valence-corrected chi connectivity index (χ4v) is 12.2. The zero-order valence-corrected chi connectivity index (χ0v) is 48.7. The lowest BCUT2D eigenvalue weighted by Crippen LogP contribution is -2.61. The molecule has 3 heterocycles. The van der Waals surface area contributed by atoms with Crippen LogP contribution in [0.25, 0.3) is 44.5 Å². The van der Waals surface area contributed by atoms with Crippen LogP contribution in [0, 0.1) is 6.92 Å². The molecule has 5 heteroatoms. The number of ether oxygens (including phenoxy) is 2. The number of anilines is 6. The molecule has 0 fully saturated rings. The van der Waals surface area contributed by atoms with E-state index in [1.54, 1.807) is 0 Å². The van der Waals surface area contributed by atoms with Crippen molar-refractivity contribution in [3.63, 3.8) is 0 Å². The second kappa shape index (κ2) is 19.3. The molecule has 3 aliphatic heterocycles. The molecule has 0 atom stereocenters. The molecule has 0 unspecified atom stereocenters. The summed E-state index contributed by atoms with van der Waals surface area (Å²) in [5, 5.41) is 0. The molecule has 79 heavy (non-hydrogen) atoms. The van der Waals surface area contributed by atoms with E-state index in [9.17, 15) is 0 Å². The van der Waals surface area contributed by atoms with Gasteiger partial charge in [0, 0.05) is 34.7 Å². The molecule has 0 aromatic heterocycles. The number of rotatable bonds is 6. The topological polar surface area (TPSA) is 24.9 Å². The predicted octanol–water partition coefficient (Wildman–Crippen LogP) is 18.1. The van der Waals surface area contributed by atoms with Gasteiger partial charge in [-0.25, -0.2) is 0 Å². The first-order valence-corrected chi connectivity index (χ1v) is 28.6. The van der Waals surface area contributed by atoms with Crippen LogP contribution in [-0.4, -0.2) is 19.9 Å². The summed E-state index contributed by atoms with van der Waals surface area (Å²) in [7, 11) is 0. The van der Waals surface area contributed by atoms with E-state index in [1.807, 2.05) is 0 Å². The van der Waals surface area contributed by atoms with Crippen molar-refractivity contribution in [1.82, 2.24) is 0 Å². The van der Waals surface area contributed by atoms with Crippen molar-refractivity contribution < 1.29 is 9.47 Å². The minimum atomic E-state index is -0.135. The molecule has 3 aliphatic rings. The number of hydrogen-bond donors (Lipinski definition) is 0. The van der Waals surface area contributed by atoms with Gasteiger partial charge in [0.15, 0.2) is 11.5 Å². The second-order valence-electron chi connectivity index (χ2n) is 26.6. The second-order valence-corrected chi connectivity index (χ2v) is 26.6. The Bertz CT molecular complexity index is 3710. The normalized spacial score (nSPS) is 14.1. The molecular weight excluding hydrogens is 960 g/mol. The highest BCUT2D eigenvalue weighted by Crippen LogP contribution is 2.53. The van der Waals surface area contributed by atoms with Crippen molar-refractivity contribution in [2.75, 3.05) is 23.0 Å². The van der Waals surface area contributed by atoms with Crippen molar-refractivity contribution in [3.8, 4) is 56.0 Å². The van der Waals surface area contributed by atoms with Gasteiger partial charge in [-0.3, -0.25) is 0 Å². The minimum absolute atomic E-state index is 0.0318. The van der Waals surface area contributed by atoms with Gasteiger partial charge in [0.25, 0.3) is 6.71 Å².